The Morgan fingerprint density at radius 2 is 1.76 bits per heavy atom. The molecule has 0 saturated carbocycles. The Balaban J connectivity index is 1.56. The maximum absolute atomic E-state index is 13.3. The molecule has 1 aliphatic rings. The number of aryl methyl sites for hydroxylation is 1. The van der Waals surface area contributed by atoms with E-state index >= 15 is 0 Å². The van der Waals surface area contributed by atoms with Crippen LogP contribution in [-0.4, -0.2) is 27.1 Å². The summed E-state index contributed by atoms with van der Waals surface area (Å²) in [4.78, 5) is 32.6. The fourth-order valence-corrected chi connectivity index (χ4v) is 4.87. The van der Waals surface area contributed by atoms with E-state index in [1.165, 1.54) is 11.8 Å². The van der Waals surface area contributed by atoms with Crippen LogP contribution in [0.25, 0.3) is 0 Å². The Hall–Kier alpha value is -3.09. The number of nitrogens with one attached hydrogen (secondary N) is 1. The molecule has 4 rings (SSSR count). The van der Waals surface area contributed by atoms with Crippen LogP contribution < -0.4 is 5.32 Å². The number of aliphatic imine (C=N–C) groups is 1. The highest BCUT2D eigenvalue weighted by molar-refractivity contribution is 8.15. The van der Waals surface area contributed by atoms with Crippen LogP contribution >= 0.6 is 23.4 Å². The van der Waals surface area contributed by atoms with Gasteiger partial charge in [0.15, 0.2) is 5.17 Å². The Kier molecular flexibility index (Phi) is 7.16. The summed E-state index contributed by atoms with van der Waals surface area (Å²) in [6.45, 7) is 4.24. The van der Waals surface area contributed by atoms with Crippen LogP contribution in [0, 0.1) is 13.8 Å². The third-order valence-electron chi connectivity index (χ3n) is 5.45. The average Bonchev–Trinajstić information content (AvgIpc) is 3.08. The number of carbonyl (C=O) groups is 2. The summed E-state index contributed by atoms with van der Waals surface area (Å²) in [6.07, 6.45) is 0.0491. The summed E-state index contributed by atoms with van der Waals surface area (Å²) in [7, 11) is 0. The highest BCUT2D eigenvalue weighted by atomic mass is 35.5. The maximum Gasteiger partial charge on any atom is 0.242 e. The first-order valence-corrected chi connectivity index (χ1v) is 11.9. The standard InChI is InChI=1S/C26H24ClN3O2S/c1-17-9-6-7-13-21(17)29-26-30(16-19-10-4-3-5-11-19)25(32)23(33-26)15-24(31)28-22-14-8-12-20(27)18(22)2/h3-14,23H,15-16H2,1-2H3,(H,28,31). The van der Waals surface area contributed by atoms with Crippen molar-refractivity contribution in [1.82, 2.24) is 4.90 Å². The van der Waals surface area contributed by atoms with Crippen molar-refractivity contribution < 1.29 is 9.59 Å². The number of hydrogen-bond acceptors (Lipinski definition) is 4. The number of para-hydroxylation sites is 1. The zero-order chi connectivity index (χ0) is 23.4. The van der Waals surface area contributed by atoms with Crippen LogP contribution in [-0.2, 0) is 16.1 Å². The molecular weight excluding hydrogens is 454 g/mol. The molecule has 5 nitrogen and oxygen atoms in total. The highest BCUT2D eigenvalue weighted by Gasteiger charge is 2.39. The normalized spacial score (nSPS) is 16.9. The molecular formula is C26H24ClN3O2S. The first-order chi connectivity index (χ1) is 15.9. The number of carbonyl (C=O) groups excluding carboxylic acids is 2. The van der Waals surface area contributed by atoms with Crippen molar-refractivity contribution in [2.24, 2.45) is 4.99 Å². The van der Waals surface area contributed by atoms with Crippen molar-refractivity contribution in [3.05, 3.63) is 94.5 Å². The van der Waals surface area contributed by atoms with Crippen LogP contribution in [0.1, 0.15) is 23.1 Å². The number of amidine groups is 1. The van der Waals surface area contributed by atoms with E-state index in [1.54, 1.807) is 23.1 Å². The first kappa shape index (κ1) is 23.1. The molecule has 0 aromatic heterocycles. The van der Waals surface area contributed by atoms with Gasteiger partial charge in [0.05, 0.1) is 12.2 Å². The number of thioether (sulfide) groups is 1. The quantitative estimate of drug-likeness (QED) is 0.465. The number of nitrogens with zero attached hydrogens (tertiary/aromatic N) is 2. The van der Waals surface area contributed by atoms with Crippen LogP contribution in [0.4, 0.5) is 11.4 Å². The van der Waals surface area contributed by atoms with Gasteiger partial charge >= 0.3 is 0 Å². The van der Waals surface area contributed by atoms with Gasteiger partial charge in [-0.05, 0) is 48.7 Å². The Morgan fingerprint density at radius 3 is 2.52 bits per heavy atom. The van der Waals surface area contributed by atoms with Gasteiger partial charge < -0.3 is 5.32 Å². The van der Waals surface area contributed by atoms with E-state index in [-0.39, 0.29) is 18.2 Å². The van der Waals surface area contributed by atoms with Crippen molar-refractivity contribution in [3.8, 4) is 0 Å². The molecule has 168 valence electrons. The molecule has 0 aliphatic carbocycles. The highest BCUT2D eigenvalue weighted by Crippen LogP contribution is 2.34. The summed E-state index contributed by atoms with van der Waals surface area (Å²) in [5.41, 5.74) is 4.28. The van der Waals surface area contributed by atoms with Crippen molar-refractivity contribution >= 4 is 51.7 Å². The fraction of sp³-hybridized carbons (Fsp3) is 0.192. The van der Waals surface area contributed by atoms with Crippen molar-refractivity contribution in [2.45, 2.75) is 32.1 Å². The van der Waals surface area contributed by atoms with Crippen molar-refractivity contribution in [2.75, 3.05) is 5.32 Å². The molecule has 3 aromatic rings. The van der Waals surface area contributed by atoms with E-state index < -0.39 is 5.25 Å². The third-order valence-corrected chi connectivity index (χ3v) is 7.03. The van der Waals surface area contributed by atoms with Gasteiger partial charge in [-0.1, -0.05) is 78.0 Å². The number of hydrogen-bond donors (Lipinski definition) is 1. The van der Waals surface area contributed by atoms with E-state index in [9.17, 15) is 9.59 Å². The lowest BCUT2D eigenvalue weighted by atomic mass is 10.1. The Morgan fingerprint density at radius 1 is 1.03 bits per heavy atom. The molecule has 1 N–H and O–H groups in total. The lowest BCUT2D eigenvalue weighted by molar-refractivity contribution is -0.128. The Labute approximate surface area is 202 Å². The van der Waals surface area contributed by atoms with Crippen LogP contribution in [0.2, 0.25) is 5.02 Å². The predicted octanol–water partition coefficient (Wildman–Crippen LogP) is 6.12. The van der Waals surface area contributed by atoms with E-state index in [0.717, 1.165) is 22.4 Å². The SMILES string of the molecule is Cc1ccccc1N=C1SC(CC(=O)Nc2cccc(Cl)c2C)C(=O)N1Cc1ccccc1. The number of amides is 2. The molecule has 0 radical (unpaired) electrons. The van der Waals surface area contributed by atoms with Gasteiger partial charge in [-0.15, -0.1) is 0 Å². The summed E-state index contributed by atoms with van der Waals surface area (Å²) < 4.78 is 0. The third kappa shape index (κ3) is 5.46. The molecule has 7 heteroatoms. The molecule has 1 atom stereocenters. The summed E-state index contributed by atoms with van der Waals surface area (Å²) in [5.74, 6) is -0.350. The molecule has 3 aromatic carbocycles. The second-order valence-corrected chi connectivity index (χ2v) is 9.44. The molecule has 1 aliphatic heterocycles. The van der Waals surface area contributed by atoms with Gasteiger partial charge in [0.1, 0.15) is 5.25 Å². The van der Waals surface area contributed by atoms with Crippen LogP contribution in [0.15, 0.2) is 77.8 Å². The van der Waals surface area contributed by atoms with Crippen LogP contribution in [0.3, 0.4) is 0 Å². The summed E-state index contributed by atoms with van der Waals surface area (Å²) >= 11 is 7.50. The molecule has 33 heavy (non-hydrogen) atoms. The predicted molar refractivity (Wildman–Crippen MR) is 136 cm³/mol. The first-order valence-electron chi connectivity index (χ1n) is 10.6. The zero-order valence-electron chi connectivity index (χ0n) is 18.4. The van der Waals surface area contributed by atoms with Gasteiger partial charge in [-0.2, -0.15) is 0 Å². The lowest BCUT2D eigenvalue weighted by Crippen LogP contribution is -2.33. The molecule has 1 unspecified atom stereocenters. The zero-order valence-corrected chi connectivity index (χ0v) is 20.0. The second kappa shape index (κ2) is 10.2. The fourth-order valence-electron chi connectivity index (χ4n) is 3.54. The van der Waals surface area contributed by atoms with E-state index in [2.05, 4.69) is 5.32 Å². The second-order valence-electron chi connectivity index (χ2n) is 7.86. The monoisotopic (exact) mass is 477 g/mol. The lowest BCUT2D eigenvalue weighted by Gasteiger charge is -2.17. The van der Waals surface area contributed by atoms with Crippen molar-refractivity contribution in [3.63, 3.8) is 0 Å². The molecule has 1 fully saturated rings. The minimum absolute atomic E-state index is 0.0491. The van der Waals surface area contributed by atoms with Gasteiger partial charge in [-0.3, -0.25) is 14.5 Å². The Bertz CT molecular complexity index is 1210. The smallest absolute Gasteiger partial charge is 0.242 e. The average molecular weight is 478 g/mol. The van der Waals surface area contributed by atoms with E-state index in [0.29, 0.717) is 22.4 Å². The van der Waals surface area contributed by atoms with Crippen LogP contribution in [0.5, 0.6) is 0 Å². The summed E-state index contributed by atoms with van der Waals surface area (Å²) in [6, 6.07) is 22.9. The van der Waals surface area contributed by atoms with Gasteiger partial charge in [0, 0.05) is 17.1 Å². The van der Waals surface area contributed by atoms with Crippen molar-refractivity contribution in [1.29, 1.82) is 0 Å². The molecule has 2 amide bonds. The minimum atomic E-state index is -0.545. The largest absolute Gasteiger partial charge is 0.326 e. The molecule has 1 heterocycles. The summed E-state index contributed by atoms with van der Waals surface area (Å²) in [5, 5.41) is 3.53. The topological polar surface area (TPSA) is 61.8 Å². The minimum Gasteiger partial charge on any atom is -0.326 e. The van der Waals surface area contributed by atoms with E-state index in [1.807, 2.05) is 68.4 Å². The number of anilines is 1. The van der Waals surface area contributed by atoms with Gasteiger partial charge in [0.25, 0.3) is 0 Å². The van der Waals surface area contributed by atoms with Gasteiger partial charge in [-0.25, -0.2) is 4.99 Å². The molecule has 0 bridgehead atoms. The molecule has 0 spiro atoms. The number of halogens is 1. The number of benzene rings is 3. The van der Waals surface area contributed by atoms with E-state index in [4.69, 9.17) is 16.6 Å². The number of rotatable bonds is 6. The molecule has 1 saturated heterocycles. The maximum atomic E-state index is 13.3. The van der Waals surface area contributed by atoms with Gasteiger partial charge in [0.2, 0.25) is 11.8 Å².